The molecule has 5 rings (SSSR count). The van der Waals surface area contributed by atoms with Crippen molar-refractivity contribution >= 4 is 28.9 Å². The maximum Gasteiger partial charge on any atom is 0.257 e. The van der Waals surface area contributed by atoms with Crippen molar-refractivity contribution in [3.05, 3.63) is 59.1 Å². The lowest BCUT2D eigenvalue weighted by Crippen LogP contribution is -2.46. The van der Waals surface area contributed by atoms with Gasteiger partial charge in [-0.15, -0.1) is 10.2 Å². The minimum absolute atomic E-state index is 0.158. The first-order valence-corrected chi connectivity index (χ1v) is 13.2. The number of piperazine rings is 1. The largest absolute Gasteiger partial charge is 0.469 e. The summed E-state index contributed by atoms with van der Waals surface area (Å²) in [7, 11) is 2.08. The molecule has 0 radical (unpaired) electrons. The number of carbonyl (C=O) groups excluding carboxylic acids is 1. The number of amides is 1. The number of primary amides is 1. The van der Waals surface area contributed by atoms with Crippen molar-refractivity contribution in [1.82, 2.24) is 25.0 Å². The molecule has 12 heteroatoms. The third-order valence-corrected chi connectivity index (χ3v) is 7.14. The van der Waals surface area contributed by atoms with Crippen LogP contribution in [0.3, 0.4) is 0 Å². The van der Waals surface area contributed by atoms with E-state index in [9.17, 15) is 9.18 Å². The summed E-state index contributed by atoms with van der Waals surface area (Å²) >= 11 is 6.12. The molecular weight excluding hydrogens is 525 g/mol. The highest BCUT2D eigenvalue weighted by atomic mass is 35.5. The van der Waals surface area contributed by atoms with E-state index in [0.717, 1.165) is 38.3 Å². The Morgan fingerprint density at radius 1 is 1.23 bits per heavy atom. The Labute approximate surface area is 231 Å². The monoisotopic (exact) mass is 555 g/mol. The van der Waals surface area contributed by atoms with Crippen LogP contribution < -0.4 is 15.8 Å². The van der Waals surface area contributed by atoms with Crippen LogP contribution in [0.5, 0.6) is 5.88 Å². The standard InChI is InChI=1S/C27H31ClFN7O3/c1-35-7-9-36(10-8-35)25(15-26(30)37)23-13-18(4-6-31-23)32-24-14-22(20-12-17(28)2-3-21(20)29)33-34-27(24)39-19-5-11-38-16-19/h2-4,6,12-14,19,25H,5,7-11,15-16H2,1H3,(H2,30,37)(H,31,32,33). The van der Waals surface area contributed by atoms with Gasteiger partial charge in [0.2, 0.25) is 5.91 Å². The van der Waals surface area contributed by atoms with Crippen LogP contribution in [0.15, 0.2) is 42.6 Å². The second-order valence-electron chi connectivity index (χ2n) is 9.80. The summed E-state index contributed by atoms with van der Waals surface area (Å²) in [5, 5.41) is 12.2. The van der Waals surface area contributed by atoms with E-state index in [1.807, 2.05) is 6.07 Å². The zero-order chi connectivity index (χ0) is 27.4. The molecule has 0 spiro atoms. The second kappa shape index (κ2) is 12.2. The Hall–Kier alpha value is -3.38. The summed E-state index contributed by atoms with van der Waals surface area (Å²) in [6, 6.07) is 9.38. The number of aromatic nitrogens is 3. The van der Waals surface area contributed by atoms with Gasteiger partial charge >= 0.3 is 0 Å². The number of nitrogens with two attached hydrogens (primary N) is 1. The summed E-state index contributed by atoms with van der Waals surface area (Å²) < 4.78 is 26.2. The lowest BCUT2D eigenvalue weighted by molar-refractivity contribution is -0.119. The quantitative estimate of drug-likeness (QED) is 0.409. The molecule has 2 aliphatic rings. The molecule has 0 bridgehead atoms. The molecule has 2 unspecified atom stereocenters. The number of nitrogens with one attached hydrogen (secondary N) is 1. The van der Waals surface area contributed by atoms with Crippen molar-refractivity contribution in [2.24, 2.45) is 5.73 Å². The Bertz CT molecular complexity index is 1320. The summed E-state index contributed by atoms with van der Waals surface area (Å²) in [6.07, 6.45) is 2.40. The normalized spacial score (nSPS) is 19.1. The molecule has 2 aliphatic heterocycles. The Balaban J connectivity index is 1.46. The average Bonchev–Trinajstić information content (AvgIpc) is 3.44. The van der Waals surface area contributed by atoms with Crippen LogP contribution in [0, 0.1) is 5.82 Å². The number of hydrogen-bond acceptors (Lipinski definition) is 9. The van der Waals surface area contributed by atoms with Crippen molar-refractivity contribution in [3.63, 3.8) is 0 Å². The third kappa shape index (κ3) is 6.80. The van der Waals surface area contributed by atoms with Gasteiger partial charge in [0, 0.05) is 61.5 Å². The van der Waals surface area contributed by atoms with E-state index in [1.54, 1.807) is 18.3 Å². The van der Waals surface area contributed by atoms with Crippen LogP contribution in [0.1, 0.15) is 24.6 Å². The fourth-order valence-electron chi connectivity index (χ4n) is 4.75. The lowest BCUT2D eigenvalue weighted by atomic mass is 10.1. The van der Waals surface area contributed by atoms with E-state index in [2.05, 4.69) is 37.3 Å². The van der Waals surface area contributed by atoms with Crippen molar-refractivity contribution in [1.29, 1.82) is 0 Å². The number of carbonyl (C=O) groups is 1. The summed E-state index contributed by atoms with van der Waals surface area (Å²) in [5.41, 5.74) is 8.05. The van der Waals surface area contributed by atoms with Gasteiger partial charge in [-0.3, -0.25) is 14.7 Å². The maximum atomic E-state index is 14.6. The molecule has 39 heavy (non-hydrogen) atoms. The summed E-state index contributed by atoms with van der Waals surface area (Å²) in [6.45, 7) is 4.45. The molecule has 2 atom stereocenters. The van der Waals surface area contributed by atoms with Gasteiger partial charge in [-0.25, -0.2) is 4.39 Å². The summed E-state index contributed by atoms with van der Waals surface area (Å²) in [4.78, 5) is 21.0. The van der Waals surface area contributed by atoms with Crippen LogP contribution in [0.2, 0.25) is 5.02 Å². The minimum Gasteiger partial charge on any atom is -0.469 e. The SMILES string of the molecule is CN1CCN(C(CC(N)=O)c2cc(Nc3cc(-c4cc(Cl)ccc4F)nnc3OC3CCOC3)ccn2)CC1. The van der Waals surface area contributed by atoms with E-state index in [4.69, 9.17) is 26.8 Å². The van der Waals surface area contributed by atoms with E-state index in [0.29, 0.717) is 35.3 Å². The summed E-state index contributed by atoms with van der Waals surface area (Å²) in [5.74, 6) is -0.590. The van der Waals surface area contributed by atoms with Gasteiger partial charge in [0.05, 0.1) is 30.6 Å². The molecular formula is C27H31ClFN7O3. The first-order chi connectivity index (χ1) is 18.9. The Morgan fingerprint density at radius 3 is 2.79 bits per heavy atom. The maximum absolute atomic E-state index is 14.6. The predicted molar refractivity (Wildman–Crippen MR) is 145 cm³/mol. The van der Waals surface area contributed by atoms with Crippen molar-refractivity contribution in [2.75, 3.05) is 51.8 Å². The number of benzene rings is 1. The molecule has 3 N–H and O–H groups in total. The Morgan fingerprint density at radius 2 is 2.05 bits per heavy atom. The second-order valence-corrected chi connectivity index (χ2v) is 10.2. The van der Waals surface area contributed by atoms with E-state index in [-0.39, 0.29) is 35.9 Å². The van der Waals surface area contributed by atoms with Crippen molar-refractivity contribution in [2.45, 2.75) is 25.0 Å². The van der Waals surface area contributed by atoms with Gasteiger partial charge in [0.1, 0.15) is 17.6 Å². The molecule has 206 valence electrons. The van der Waals surface area contributed by atoms with Crippen LogP contribution in [0.4, 0.5) is 15.8 Å². The fourth-order valence-corrected chi connectivity index (χ4v) is 4.93. The third-order valence-electron chi connectivity index (χ3n) is 6.91. The first kappa shape index (κ1) is 27.2. The van der Waals surface area contributed by atoms with E-state index in [1.165, 1.54) is 18.2 Å². The average molecular weight is 556 g/mol. The number of rotatable bonds is 9. The van der Waals surface area contributed by atoms with Crippen molar-refractivity contribution in [3.8, 4) is 17.1 Å². The molecule has 2 aromatic heterocycles. The van der Waals surface area contributed by atoms with Crippen molar-refractivity contribution < 1.29 is 18.7 Å². The van der Waals surface area contributed by atoms with Gasteiger partial charge in [-0.05, 0) is 43.4 Å². The Kier molecular flexibility index (Phi) is 8.51. The van der Waals surface area contributed by atoms with Gasteiger partial charge in [0.25, 0.3) is 5.88 Å². The number of halogens is 2. The lowest BCUT2D eigenvalue weighted by Gasteiger charge is -2.37. The smallest absolute Gasteiger partial charge is 0.257 e. The molecule has 2 fully saturated rings. The number of likely N-dealkylation sites (N-methyl/N-ethyl adjacent to an activating group) is 1. The molecule has 2 saturated heterocycles. The highest BCUT2D eigenvalue weighted by Gasteiger charge is 2.27. The number of nitrogens with zero attached hydrogens (tertiary/aromatic N) is 5. The molecule has 10 nitrogen and oxygen atoms in total. The molecule has 0 aliphatic carbocycles. The first-order valence-electron chi connectivity index (χ1n) is 12.9. The molecule has 0 saturated carbocycles. The van der Waals surface area contributed by atoms with E-state index >= 15 is 0 Å². The number of hydrogen-bond donors (Lipinski definition) is 2. The highest BCUT2D eigenvalue weighted by Crippen LogP contribution is 2.34. The molecule has 4 heterocycles. The van der Waals surface area contributed by atoms with Crippen LogP contribution in [-0.4, -0.2) is 83.4 Å². The predicted octanol–water partition coefficient (Wildman–Crippen LogP) is 3.41. The van der Waals surface area contributed by atoms with Crippen LogP contribution >= 0.6 is 11.6 Å². The van der Waals surface area contributed by atoms with E-state index < -0.39 is 5.82 Å². The number of ether oxygens (including phenoxy) is 2. The topological polar surface area (TPSA) is 119 Å². The van der Waals surface area contributed by atoms with Crippen LogP contribution in [0.25, 0.3) is 11.3 Å². The molecule has 3 aromatic rings. The minimum atomic E-state index is -0.467. The van der Waals surface area contributed by atoms with Crippen LogP contribution in [-0.2, 0) is 9.53 Å². The number of pyridine rings is 1. The zero-order valence-corrected chi connectivity index (χ0v) is 22.4. The van der Waals surface area contributed by atoms with Gasteiger partial charge in [0.15, 0.2) is 0 Å². The molecule has 1 aromatic carbocycles. The van der Waals surface area contributed by atoms with Gasteiger partial charge < -0.3 is 25.4 Å². The van der Waals surface area contributed by atoms with Gasteiger partial charge in [-0.2, -0.15) is 0 Å². The highest BCUT2D eigenvalue weighted by molar-refractivity contribution is 6.30. The molecule has 1 amide bonds. The zero-order valence-electron chi connectivity index (χ0n) is 21.6. The number of anilines is 2. The fraction of sp³-hybridized carbons (Fsp3) is 0.407. The van der Waals surface area contributed by atoms with Gasteiger partial charge in [-0.1, -0.05) is 11.6 Å².